The summed E-state index contributed by atoms with van der Waals surface area (Å²) < 4.78 is 17.9. The van der Waals surface area contributed by atoms with Gasteiger partial charge in [-0.3, -0.25) is 14.2 Å². The Morgan fingerprint density at radius 2 is 2.11 bits per heavy atom. The number of amides is 1. The normalized spacial score (nSPS) is 11.0. The zero-order chi connectivity index (χ0) is 19.6. The molecule has 0 aliphatic carbocycles. The minimum atomic E-state index is -0.399. The average Bonchev–Trinajstić information content (AvgIpc) is 3.10. The monoisotopic (exact) mass is 453 g/mol. The van der Waals surface area contributed by atoms with Crippen LogP contribution in [0.1, 0.15) is 23.4 Å². The van der Waals surface area contributed by atoms with Gasteiger partial charge < -0.3 is 5.32 Å². The topological polar surface area (TPSA) is 64.7 Å². The fraction of sp³-hybridized carbons (Fsp3) is 0.278. The minimum Gasteiger partial charge on any atom is -0.308 e. The van der Waals surface area contributed by atoms with E-state index in [4.69, 9.17) is 11.6 Å². The molecule has 2 aromatic heterocycles. The number of nitrogens with zero attached hydrogens (tertiary/aromatic N) is 4. The van der Waals surface area contributed by atoms with Crippen molar-refractivity contribution in [1.82, 2.24) is 19.6 Å². The molecule has 0 saturated carbocycles. The number of carbonyl (C=O) groups excluding carboxylic acids is 1. The van der Waals surface area contributed by atoms with Gasteiger partial charge in [0, 0.05) is 35.4 Å². The van der Waals surface area contributed by atoms with E-state index in [-0.39, 0.29) is 18.9 Å². The fourth-order valence-electron chi connectivity index (χ4n) is 2.71. The SMILES string of the molecule is Cc1cc(C)n(CCC(=O)Nc2nn(Cc3c(F)cccc3Cl)cc2Br)n1. The second kappa shape index (κ2) is 8.22. The third kappa shape index (κ3) is 4.75. The molecule has 6 nitrogen and oxygen atoms in total. The maximum Gasteiger partial charge on any atom is 0.227 e. The molecule has 0 unspecified atom stereocenters. The molecule has 3 aromatic rings. The second-order valence-electron chi connectivity index (χ2n) is 6.17. The number of aryl methyl sites for hydroxylation is 3. The van der Waals surface area contributed by atoms with Crippen molar-refractivity contribution in [3.05, 3.63) is 62.7 Å². The summed E-state index contributed by atoms with van der Waals surface area (Å²) in [6.45, 7) is 4.50. The smallest absolute Gasteiger partial charge is 0.227 e. The van der Waals surface area contributed by atoms with E-state index in [1.54, 1.807) is 23.0 Å². The molecule has 0 aliphatic rings. The molecular formula is C18H18BrClFN5O. The fourth-order valence-corrected chi connectivity index (χ4v) is 3.35. The Morgan fingerprint density at radius 1 is 1.33 bits per heavy atom. The van der Waals surface area contributed by atoms with Crippen molar-refractivity contribution in [3.8, 4) is 0 Å². The van der Waals surface area contributed by atoms with Gasteiger partial charge in [0.15, 0.2) is 5.82 Å². The number of benzene rings is 1. The van der Waals surface area contributed by atoms with Crippen molar-refractivity contribution in [2.75, 3.05) is 5.32 Å². The molecule has 0 radical (unpaired) electrons. The first-order valence-electron chi connectivity index (χ1n) is 8.30. The highest BCUT2D eigenvalue weighted by molar-refractivity contribution is 9.10. The maximum absolute atomic E-state index is 13.9. The van der Waals surface area contributed by atoms with Crippen LogP contribution in [0.4, 0.5) is 10.2 Å². The van der Waals surface area contributed by atoms with Gasteiger partial charge in [-0.1, -0.05) is 17.7 Å². The van der Waals surface area contributed by atoms with Gasteiger partial charge in [-0.25, -0.2) is 4.39 Å². The lowest BCUT2D eigenvalue weighted by Crippen LogP contribution is -2.16. The Kier molecular flexibility index (Phi) is 5.96. The van der Waals surface area contributed by atoms with Gasteiger partial charge in [0.05, 0.1) is 16.7 Å². The molecule has 9 heteroatoms. The van der Waals surface area contributed by atoms with Crippen molar-refractivity contribution < 1.29 is 9.18 Å². The number of hydrogen-bond donors (Lipinski definition) is 1. The lowest BCUT2D eigenvalue weighted by Gasteiger charge is -2.06. The van der Waals surface area contributed by atoms with Crippen molar-refractivity contribution in [1.29, 1.82) is 0 Å². The van der Waals surface area contributed by atoms with Crippen LogP contribution in [-0.2, 0) is 17.9 Å². The molecule has 0 atom stereocenters. The van der Waals surface area contributed by atoms with Crippen LogP contribution in [-0.4, -0.2) is 25.5 Å². The van der Waals surface area contributed by atoms with Gasteiger partial charge in [-0.2, -0.15) is 10.2 Å². The van der Waals surface area contributed by atoms with Crippen LogP contribution in [0.2, 0.25) is 5.02 Å². The molecule has 0 bridgehead atoms. The first-order chi connectivity index (χ1) is 12.8. The highest BCUT2D eigenvalue weighted by Gasteiger charge is 2.14. The molecule has 1 N–H and O–H groups in total. The molecule has 2 heterocycles. The molecule has 0 aliphatic heterocycles. The molecule has 1 amide bonds. The minimum absolute atomic E-state index is 0.158. The Bertz CT molecular complexity index is 964. The molecule has 0 saturated heterocycles. The highest BCUT2D eigenvalue weighted by atomic mass is 79.9. The Morgan fingerprint density at radius 3 is 2.78 bits per heavy atom. The van der Waals surface area contributed by atoms with Crippen LogP contribution in [0.25, 0.3) is 0 Å². The van der Waals surface area contributed by atoms with Gasteiger partial charge in [0.25, 0.3) is 0 Å². The van der Waals surface area contributed by atoms with Crippen LogP contribution >= 0.6 is 27.5 Å². The van der Waals surface area contributed by atoms with Crippen LogP contribution < -0.4 is 5.32 Å². The van der Waals surface area contributed by atoms with Gasteiger partial charge in [0.1, 0.15) is 5.82 Å². The van der Waals surface area contributed by atoms with Crippen LogP contribution in [0.5, 0.6) is 0 Å². The largest absolute Gasteiger partial charge is 0.308 e. The first-order valence-corrected chi connectivity index (χ1v) is 9.47. The van der Waals surface area contributed by atoms with E-state index < -0.39 is 5.82 Å². The van der Waals surface area contributed by atoms with E-state index in [1.807, 2.05) is 19.9 Å². The lowest BCUT2D eigenvalue weighted by atomic mass is 10.2. The number of rotatable bonds is 6. The van der Waals surface area contributed by atoms with E-state index in [0.717, 1.165) is 11.4 Å². The average molecular weight is 455 g/mol. The molecule has 0 fully saturated rings. The van der Waals surface area contributed by atoms with E-state index in [9.17, 15) is 9.18 Å². The molecule has 142 valence electrons. The number of carbonyl (C=O) groups is 1. The summed E-state index contributed by atoms with van der Waals surface area (Å²) in [6, 6.07) is 6.49. The Hall–Kier alpha value is -2.19. The van der Waals surface area contributed by atoms with Crippen LogP contribution in [0, 0.1) is 19.7 Å². The van der Waals surface area contributed by atoms with E-state index in [2.05, 4.69) is 31.4 Å². The van der Waals surface area contributed by atoms with E-state index >= 15 is 0 Å². The van der Waals surface area contributed by atoms with E-state index in [1.165, 1.54) is 10.7 Å². The predicted octanol–water partition coefficient (Wildman–Crippen LogP) is 4.33. The number of aromatic nitrogens is 4. The lowest BCUT2D eigenvalue weighted by molar-refractivity contribution is -0.116. The summed E-state index contributed by atoms with van der Waals surface area (Å²) in [4.78, 5) is 12.2. The van der Waals surface area contributed by atoms with E-state index in [0.29, 0.717) is 27.4 Å². The maximum atomic E-state index is 13.9. The Labute approximate surface area is 169 Å². The molecule has 3 rings (SSSR count). The van der Waals surface area contributed by atoms with Crippen LogP contribution in [0.15, 0.2) is 34.9 Å². The second-order valence-corrected chi connectivity index (χ2v) is 7.43. The molecular weight excluding hydrogens is 437 g/mol. The predicted molar refractivity (Wildman–Crippen MR) is 105 cm³/mol. The van der Waals surface area contributed by atoms with Gasteiger partial charge in [-0.05, 0) is 48.0 Å². The van der Waals surface area contributed by atoms with Crippen LogP contribution in [0.3, 0.4) is 0 Å². The third-order valence-corrected chi connectivity index (χ3v) is 4.95. The van der Waals surface area contributed by atoms with Crippen molar-refractivity contribution in [3.63, 3.8) is 0 Å². The van der Waals surface area contributed by atoms with Crippen molar-refractivity contribution in [2.24, 2.45) is 0 Å². The summed E-state index contributed by atoms with van der Waals surface area (Å²) in [5.41, 5.74) is 2.27. The zero-order valence-corrected chi connectivity index (χ0v) is 17.2. The zero-order valence-electron chi connectivity index (χ0n) is 14.8. The molecule has 1 aromatic carbocycles. The molecule has 0 spiro atoms. The highest BCUT2D eigenvalue weighted by Crippen LogP contribution is 2.24. The summed E-state index contributed by atoms with van der Waals surface area (Å²) in [5.74, 6) is -0.206. The summed E-state index contributed by atoms with van der Waals surface area (Å²) in [7, 11) is 0. The standard InChI is InChI=1S/C18H18BrClFN5O/c1-11-8-12(2)26(23-11)7-6-17(27)22-18-14(19)10-25(24-18)9-13-15(20)4-3-5-16(13)21/h3-5,8,10H,6-7,9H2,1-2H3,(H,22,24,27). The van der Waals surface area contributed by atoms with Crippen molar-refractivity contribution >= 4 is 39.3 Å². The van der Waals surface area contributed by atoms with Gasteiger partial charge in [0.2, 0.25) is 5.91 Å². The quantitative estimate of drug-likeness (QED) is 0.603. The summed E-state index contributed by atoms with van der Waals surface area (Å²) in [6.07, 6.45) is 1.93. The Balaban J connectivity index is 1.64. The molecule has 27 heavy (non-hydrogen) atoms. The first kappa shape index (κ1) is 19.6. The number of halogens is 3. The van der Waals surface area contributed by atoms with Crippen molar-refractivity contribution in [2.45, 2.75) is 33.4 Å². The third-order valence-electron chi connectivity index (χ3n) is 4.01. The summed E-state index contributed by atoms with van der Waals surface area (Å²) in [5, 5.41) is 11.7. The van der Waals surface area contributed by atoms with Gasteiger partial charge >= 0.3 is 0 Å². The number of nitrogens with one attached hydrogen (secondary N) is 1. The number of anilines is 1. The van der Waals surface area contributed by atoms with Gasteiger partial charge in [-0.15, -0.1) is 0 Å². The number of hydrogen-bond acceptors (Lipinski definition) is 3. The summed E-state index contributed by atoms with van der Waals surface area (Å²) >= 11 is 9.42.